The molecule has 0 aromatic heterocycles. The molecule has 2 N–H and O–H groups in total. The number of rotatable bonds is 6. The SMILES string of the molecule is CCNS(=O)(=O)C(Br)CNC1CCCCC1. The smallest absolute Gasteiger partial charge is 0.225 e. The Hall–Kier alpha value is 0.350. The summed E-state index contributed by atoms with van der Waals surface area (Å²) in [6.07, 6.45) is 6.16. The van der Waals surface area contributed by atoms with Crippen LogP contribution in [0.25, 0.3) is 0 Å². The molecule has 1 atom stereocenters. The zero-order chi connectivity index (χ0) is 12.0. The Morgan fingerprint density at radius 2 is 1.94 bits per heavy atom. The van der Waals surface area contributed by atoms with Gasteiger partial charge in [0.15, 0.2) is 0 Å². The van der Waals surface area contributed by atoms with Crippen molar-refractivity contribution in [3.63, 3.8) is 0 Å². The zero-order valence-electron chi connectivity index (χ0n) is 9.71. The Kier molecular flexibility index (Phi) is 6.25. The van der Waals surface area contributed by atoms with Gasteiger partial charge in [0.1, 0.15) is 4.16 Å². The van der Waals surface area contributed by atoms with E-state index < -0.39 is 14.2 Å². The summed E-state index contributed by atoms with van der Waals surface area (Å²) in [5.41, 5.74) is 0. The average Bonchev–Trinajstić information content (AvgIpc) is 2.27. The Balaban J connectivity index is 2.30. The van der Waals surface area contributed by atoms with Crippen LogP contribution in [-0.4, -0.2) is 31.7 Å². The second-order valence-corrected chi connectivity index (χ2v) is 7.86. The van der Waals surface area contributed by atoms with E-state index in [0.717, 1.165) is 0 Å². The van der Waals surface area contributed by atoms with Gasteiger partial charge < -0.3 is 5.32 Å². The third kappa shape index (κ3) is 4.69. The van der Waals surface area contributed by atoms with Gasteiger partial charge in [-0.25, -0.2) is 13.1 Å². The summed E-state index contributed by atoms with van der Waals surface area (Å²) >= 11 is 3.21. The van der Waals surface area contributed by atoms with Crippen LogP contribution in [0.1, 0.15) is 39.0 Å². The number of sulfonamides is 1. The first-order valence-electron chi connectivity index (χ1n) is 5.92. The number of halogens is 1. The molecule has 0 aliphatic heterocycles. The molecule has 1 fully saturated rings. The maximum Gasteiger partial charge on any atom is 0.225 e. The Bertz CT molecular complexity index is 289. The molecule has 1 aliphatic carbocycles. The van der Waals surface area contributed by atoms with E-state index in [0.29, 0.717) is 19.1 Å². The molecule has 96 valence electrons. The van der Waals surface area contributed by atoms with Crippen molar-refractivity contribution in [3.05, 3.63) is 0 Å². The first kappa shape index (κ1) is 14.4. The molecular formula is C10H21BrN2O2S. The third-order valence-corrected chi connectivity index (χ3v) is 6.19. The van der Waals surface area contributed by atoms with E-state index in [2.05, 4.69) is 26.0 Å². The van der Waals surface area contributed by atoms with E-state index in [4.69, 9.17) is 0 Å². The fraction of sp³-hybridized carbons (Fsp3) is 1.00. The van der Waals surface area contributed by atoms with Crippen LogP contribution in [0.2, 0.25) is 0 Å². The van der Waals surface area contributed by atoms with Gasteiger partial charge in [-0.3, -0.25) is 0 Å². The van der Waals surface area contributed by atoms with Crippen molar-refractivity contribution >= 4 is 26.0 Å². The van der Waals surface area contributed by atoms with Gasteiger partial charge in [0.05, 0.1) is 0 Å². The van der Waals surface area contributed by atoms with Crippen molar-refractivity contribution in [3.8, 4) is 0 Å². The van der Waals surface area contributed by atoms with Crippen molar-refractivity contribution in [2.24, 2.45) is 0 Å². The van der Waals surface area contributed by atoms with Gasteiger partial charge in [0, 0.05) is 19.1 Å². The van der Waals surface area contributed by atoms with Crippen LogP contribution in [0.5, 0.6) is 0 Å². The minimum absolute atomic E-state index is 0.438. The van der Waals surface area contributed by atoms with Gasteiger partial charge in [-0.15, -0.1) is 0 Å². The molecule has 1 saturated carbocycles. The van der Waals surface area contributed by atoms with Gasteiger partial charge in [-0.1, -0.05) is 42.1 Å². The van der Waals surface area contributed by atoms with E-state index in [1.165, 1.54) is 32.1 Å². The second kappa shape index (κ2) is 6.93. The molecule has 0 spiro atoms. The van der Waals surface area contributed by atoms with Crippen molar-refractivity contribution in [1.29, 1.82) is 0 Å². The average molecular weight is 313 g/mol. The lowest BCUT2D eigenvalue weighted by atomic mass is 9.96. The summed E-state index contributed by atoms with van der Waals surface area (Å²) in [5, 5.41) is 3.32. The van der Waals surface area contributed by atoms with E-state index >= 15 is 0 Å². The first-order chi connectivity index (χ1) is 7.56. The van der Waals surface area contributed by atoms with Crippen LogP contribution < -0.4 is 10.0 Å². The third-order valence-electron chi connectivity index (χ3n) is 2.85. The summed E-state index contributed by atoms with van der Waals surface area (Å²) in [4.78, 5) is 0. The van der Waals surface area contributed by atoms with E-state index in [9.17, 15) is 8.42 Å². The van der Waals surface area contributed by atoms with Crippen LogP contribution in [0, 0.1) is 0 Å². The largest absolute Gasteiger partial charge is 0.312 e. The van der Waals surface area contributed by atoms with Crippen LogP contribution in [0.4, 0.5) is 0 Å². The van der Waals surface area contributed by atoms with Crippen LogP contribution in [0.3, 0.4) is 0 Å². The molecule has 0 bridgehead atoms. The van der Waals surface area contributed by atoms with Crippen molar-refractivity contribution in [2.75, 3.05) is 13.1 Å². The normalized spacial score (nSPS) is 20.9. The quantitative estimate of drug-likeness (QED) is 0.732. The summed E-state index contributed by atoms with van der Waals surface area (Å²) in [6, 6.07) is 0.491. The number of nitrogens with one attached hydrogen (secondary N) is 2. The Morgan fingerprint density at radius 3 is 2.50 bits per heavy atom. The molecule has 0 aromatic rings. The molecule has 6 heteroatoms. The van der Waals surface area contributed by atoms with Crippen LogP contribution in [-0.2, 0) is 10.0 Å². The molecule has 0 saturated heterocycles. The number of hydrogen-bond donors (Lipinski definition) is 2. The maximum absolute atomic E-state index is 11.6. The second-order valence-electron chi connectivity index (χ2n) is 4.20. The minimum atomic E-state index is -3.21. The van der Waals surface area contributed by atoms with E-state index in [-0.39, 0.29) is 0 Å². The minimum Gasteiger partial charge on any atom is -0.312 e. The molecule has 1 aliphatic rings. The molecule has 0 radical (unpaired) electrons. The van der Waals surface area contributed by atoms with Crippen molar-refractivity contribution in [2.45, 2.75) is 49.2 Å². The van der Waals surface area contributed by atoms with Crippen molar-refractivity contribution < 1.29 is 8.42 Å². The van der Waals surface area contributed by atoms with Gasteiger partial charge in [0.25, 0.3) is 0 Å². The first-order valence-corrected chi connectivity index (χ1v) is 8.38. The lowest BCUT2D eigenvalue weighted by molar-refractivity contribution is 0.378. The highest BCUT2D eigenvalue weighted by molar-refractivity contribution is 9.11. The monoisotopic (exact) mass is 312 g/mol. The van der Waals surface area contributed by atoms with Gasteiger partial charge in [0.2, 0.25) is 10.0 Å². The standard InChI is InChI=1S/C10H21BrN2O2S/c1-2-13-16(14,15)10(11)8-12-9-6-4-3-5-7-9/h9-10,12-13H,2-8H2,1H3. The molecule has 1 unspecified atom stereocenters. The number of hydrogen-bond acceptors (Lipinski definition) is 3. The Morgan fingerprint density at radius 1 is 1.31 bits per heavy atom. The summed E-state index contributed by atoms with van der Waals surface area (Å²) < 4.78 is 25.2. The van der Waals surface area contributed by atoms with Crippen LogP contribution in [0.15, 0.2) is 0 Å². The topological polar surface area (TPSA) is 58.2 Å². The predicted octanol–water partition coefficient (Wildman–Crippen LogP) is 1.57. The molecule has 0 amide bonds. The molecule has 0 heterocycles. The van der Waals surface area contributed by atoms with Gasteiger partial charge >= 0.3 is 0 Å². The highest BCUT2D eigenvalue weighted by atomic mass is 79.9. The van der Waals surface area contributed by atoms with E-state index in [1.54, 1.807) is 6.92 Å². The number of alkyl halides is 1. The lowest BCUT2D eigenvalue weighted by Crippen LogP contribution is -2.41. The molecule has 1 rings (SSSR count). The van der Waals surface area contributed by atoms with E-state index in [1.807, 2.05) is 0 Å². The fourth-order valence-electron chi connectivity index (χ4n) is 1.97. The van der Waals surface area contributed by atoms with Crippen LogP contribution >= 0.6 is 15.9 Å². The summed E-state index contributed by atoms with van der Waals surface area (Å²) in [6.45, 7) is 2.69. The molecular weight excluding hydrogens is 292 g/mol. The van der Waals surface area contributed by atoms with Crippen molar-refractivity contribution in [1.82, 2.24) is 10.0 Å². The lowest BCUT2D eigenvalue weighted by Gasteiger charge is -2.24. The maximum atomic E-state index is 11.6. The Labute approximate surface area is 107 Å². The predicted molar refractivity (Wildman–Crippen MR) is 70.2 cm³/mol. The highest BCUT2D eigenvalue weighted by Gasteiger charge is 2.22. The molecule has 0 aromatic carbocycles. The van der Waals surface area contributed by atoms with Gasteiger partial charge in [-0.05, 0) is 12.8 Å². The fourth-order valence-corrected chi connectivity index (χ4v) is 3.45. The molecule has 4 nitrogen and oxygen atoms in total. The zero-order valence-corrected chi connectivity index (χ0v) is 12.1. The summed E-state index contributed by atoms with van der Waals surface area (Å²) in [7, 11) is -3.21. The molecule has 16 heavy (non-hydrogen) atoms. The highest BCUT2D eigenvalue weighted by Crippen LogP contribution is 2.18. The van der Waals surface area contributed by atoms with Gasteiger partial charge in [-0.2, -0.15) is 0 Å². The summed E-state index contributed by atoms with van der Waals surface area (Å²) in [5.74, 6) is 0.